The van der Waals surface area contributed by atoms with Crippen LogP contribution in [0.5, 0.6) is 5.75 Å². The van der Waals surface area contributed by atoms with Crippen molar-refractivity contribution >= 4 is 11.6 Å². The van der Waals surface area contributed by atoms with Crippen LogP contribution in [-0.2, 0) is 11.2 Å². The van der Waals surface area contributed by atoms with Crippen LogP contribution >= 0.6 is 0 Å². The molecule has 0 atom stereocenters. The first-order valence-corrected chi connectivity index (χ1v) is 5.93. The van der Waals surface area contributed by atoms with E-state index in [0.29, 0.717) is 17.3 Å². The maximum Gasteiger partial charge on any atom is 0.232 e. The Hall–Kier alpha value is -2.44. The summed E-state index contributed by atoms with van der Waals surface area (Å²) >= 11 is 0. The van der Waals surface area contributed by atoms with Crippen molar-refractivity contribution in [3.8, 4) is 5.75 Å². The molecule has 7 heteroatoms. The zero-order valence-corrected chi connectivity index (χ0v) is 10.8. The van der Waals surface area contributed by atoms with Gasteiger partial charge >= 0.3 is 0 Å². The Labute approximate surface area is 110 Å². The van der Waals surface area contributed by atoms with Gasteiger partial charge in [0, 0.05) is 0 Å². The molecule has 100 valence electrons. The van der Waals surface area contributed by atoms with Crippen LogP contribution in [0.15, 0.2) is 24.3 Å². The molecule has 0 radical (unpaired) electrons. The normalized spacial score (nSPS) is 10.5. The zero-order valence-electron chi connectivity index (χ0n) is 10.8. The smallest absolute Gasteiger partial charge is 0.232 e. The van der Waals surface area contributed by atoms with Crippen LogP contribution in [0.4, 0.5) is 5.69 Å². The van der Waals surface area contributed by atoms with Crippen molar-refractivity contribution in [2.24, 2.45) is 0 Å². The lowest BCUT2D eigenvalue weighted by molar-refractivity contribution is -0.115. The number of aromatic amines is 1. The molecule has 0 unspecified atom stereocenters. The van der Waals surface area contributed by atoms with Crippen LogP contribution in [0.25, 0.3) is 0 Å². The number of H-pyrrole nitrogens is 1. The summed E-state index contributed by atoms with van der Waals surface area (Å²) in [6.45, 7) is 3.86. The number of nitrogens with one attached hydrogen (secondary N) is 2. The number of anilines is 1. The maximum atomic E-state index is 11.8. The van der Waals surface area contributed by atoms with E-state index in [2.05, 4.69) is 25.9 Å². The lowest BCUT2D eigenvalue weighted by Gasteiger charge is -2.14. The van der Waals surface area contributed by atoms with Crippen molar-refractivity contribution in [2.45, 2.75) is 26.4 Å². The molecule has 1 heterocycles. The molecule has 0 aliphatic rings. The molecule has 2 rings (SSSR count). The fraction of sp³-hybridized carbons (Fsp3) is 0.333. The van der Waals surface area contributed by atoms with Crippen LogP contribution in [0, 0.1) is 0 Å². The molecule has 2 N–H and O–H groups in total. The molecule has 0 aliphatic carbocycles. The fourth-order valence-corrected chi connectivity index (χ4v) is 1.52. The highest BCUT2D eigenvalue weighted by atomic mass is 16.5. The Morgan fingerprint density at radius 2 is 2.21 bits per heavy atom. The number of nitrogens with zero attached hydrogens (tertiary/aromatic N) is 3. The minimum atomic E-state index is -0.221. The molecule has 1 aromatic heterocycles. The molecule has 0 fully saturated rings. The number of hydrogen-bond donors (Lipinski definition) is 2. The number of carbonyl (C=O) groups is 1. The molecule has 19 heavy (non-hydrogen) atoms. The second-order valence-electron chi connectivity index (χ2n) is 4.22. The third-order valence-electron chi connectivity index (χ3n) is 2.23. The van der Waals surface area contributed by atoms with Crippen molar-refractivity contribution in [2.75, 3.05) is 5.32 Å². The van der Waals surface area contributed by atoms with Crippen LogP contribution in [0.2, 0.25) is 0 Å². The van der Waals surface area contributed by atoms with Gasteiger partial charge in [-0.1, -0.05) is 17.3 Å². The minimum Gasteiger partial charge on any atom is -0.489 e. The first-order chi connectivity index (χ1) is 9.15. The van der Waals surface area contributed by atoms with E-state index in [1.807, 2.05) is 32.0 Å². The van der Waals surface area contributed by atoms with E-state index < -0.39 is 0 Å². The van der Waals surface area contributed by atoms with Crippen LogP contribution in [0.1, 0.15) is 19.7 Å². The second kappa shape index (κ2) is 5.94. The summed E-state index contributed by atoms with van der Waals surface area (Å²) in [5, 5.41) is 15.9. The first-order valence-electron chi connectivity index (χ1n) is 5.93. The quantitative estimate of drug-likeness (QED) is 0.842. The van der Waals surface area contributed by atoms with Gasteiger partial charge in [-0.15, -0.1) is 10.2 Å². The molecular formula is C12H15N5O2. The number of benzene rings is 1. The minimum absolute atomic E-state index is 0.0373. The van der Waals surface area contributed by atoms with Gasteiger partial charge in [0.1, 0.15) is 5.75 Å². The van der Waals surface area contributed by atoms with E-state index in [0.717, 1.165) is 0 Å². The molecule has 7 nitrogen and oxygen atoms in total. The van der Waals surface area contributed by atoms with Crippen molar-refractivity contribution in [3.05, 3.63) is 30.1 Å². The van der Waals surface area contributed by atoms with Gasteiger partial charge in [-0.2, -0.15) is 5.21 Å². The molecule has 0 saturated carbocycles. The van der Waals surface area contributed by atoms with E-state index in [1.165, 1.54) is 0 Å². The van der Waals surface area contributed by atoms with E-state index in [4.69, 9.17) is 4.74 Å². The molecule has 1 aromatic carbocycles. The Kier molecular flexibility index (Phi) is 4.07. The highest BCUT2D eigenvalue weighted by Crippen LogP contribution is 2.24. The molecule has 0 aliphatic heterocycles. The lowest BCUT2D eigenvalue weighted by Crippen LogP contribution is -2.17. The summed E-state index contributed by atoms with van der Waals surface area (Å²) < 4.78 is 5.62. The Balaban J connectivity index is 2.04. The summed E-state index contributed by atoms with van der Waals surface area (Å²) in [6.07, 6.45) is 0.0993. The molecule has 0 saturated heterocycles. The summed E-state index contributed by atoms with van der Waals surface area (Å²) in [7, 11) is 0. The van der Waals surface area contributed by atoms with Crippen LogP contribution in [0.3, 0.4) is 0 Å². The number of ether oxygens (including phenoxy) is 1. The molecule has 1 amide bonds. The van der Waals surface area contributed by atoms with Crippen molar-refractivity contribution in [1.29, 1.82) is 0 Å². The van der Waals surface area contributed by atoms with Gasteiger partial charge < -0.3 is 10.1 Å². The summed E-state index contributed by atoms with van der Waals surface area (Å²) in [5.41, 5.74) is 0.629. The molecule has 2 aromatic rings. The number of hydrogen-bond acceptors (Lipinski definition) is 5. The molecule has 0 bridgehead atoms. The van der Waals surface area contributed by atoms with Gasteiger partial charge in [-0.05, 0) is 26.0 Å². The van der Waals surface area contributed by atoms with E-state index >= 15 is 0 Å². The topological polar surface area (TPSA) is 92.8 Å². The standard InChI is InChI=1S/C12H15N5O2/c1-8(2)19-10-6-4-3-5-9(10)13-12(18)7-11-14-16-17-15-11/h3-6,8H,7H2,1-2H3,(H,13,18)(H,14,15,16,17). The predicted molar refractivity (Wildman–Crippen MR) is 68.7 cm³/mol. The number of tetrazole rings is 1. The summed E-state index contributed by atoms with van der Waals surface area (Å²) in [6, 6.07) is 7.28. The Morgan fingerprint density at radius 1 is 1.42 bits per heavy atom. The van der Waals surface area contributed by atoms with Crippen molar-refractivity contribution in [1.82, 2.24) is 20.6 Å². The Morgan fingerprint density at radius 3 is 2.89 bits per heavy atom. The van der Waals surface area contributed by atoms with Gasteiger partial charge in [0.05, 0.1) is 18.2 Å². The summed E-state index contributed by atoms with van der Waals surface area (Å²) in [4.78, 5) is 11.8. The average molecular weight is 261 g/mol. The van der Waals surface area contributed by atoms with E-state index in [-0.39, 0.29) is 18.4 Å². The van der Waals surface area contributed by atoms with Gasteiger partial charge in [-0.3, -0.25) is 4.79 Å². The molecule has 0 spiro atoms. The highest BCUT2D eigenvalue weighted by molar-refractivity contribution is 5.93. The SMILES string of the molecule is CC(C)Oc1ccccc1NC(=O)Cc1nn[nH]n1. The number of carbonyl (C=O) groups excluding carboxylic acids is 1. The average Bonchev–Trinajstić information content (AvgIpc) is 2.83. The fourth-order valence-electron chi connectivity index (χ4n) is 1.52. The van der Waals surface area contributed by atoms with Crippen LogP contribution < -0.4 is 10.1 Å². The third kappa shape index (κ3) is 3.77. The third-order valence-corrected chi connectivity index (χ3v) is 2.23. The van der Waals surface area contributed by atoms with Gasteiger partial charge in [0.15, 0.2) is 5.82 Å². The second-order valence-corrected chi connectivity index (χ2v) is 4.22. The largest absolute Gasteiger partial charge is 0.489 e. The van der Waals surface area contributed by atoms with Gasteiger partial charge in [0.2, 0.25) is 5.91 Å². The lowest BCUT2D eigenvalue weighted by atomic mass is 10.2. The van der Waals surface area contributed by atoms with Crippen molar-refractivity contribution in [3.63, 3.8) is 0 Å². The highest BCUT2D eigenvalue weighted by Gasteiger charge is 2.11. The van der Waals surface area contributed by atoms with Gasteiger partial charge in [-0.25, -0.2) is 0 Å². The first kappa shape index (κ1) is 13.0. The van der Waals surface area contributed by atoms with E-state index in [1.54, 1.807) is 6.07 Å². The maximum absolute atomic E-state index is 11.8. The monoisotopic (exact) mass is 261 g/mol. The summed E-state index contributed by atoms with van der Waals surface area (Å²) in [5.74, 6) is 0.764. The Bertz CT molecular complexity index is 539. The van der Waals surface area contributed by atoms with Gasteiger partial charge in [0.25, 0.3) is 0 Å². The number of aromatic nitrogens is 4. The number of para-hydroxylation sites is 2. The number of rotatable bonds is 5. The van der Waals surface area contributed by atoms with E-state index in [9.17, 15) is 4.79 Å². The zero-order chi connectivity index (χ0) is 13.7. The predicted octanol–water partition coefficient (Wildman–Crippen LogP) is 1.17. The van der Waals surface area contributed by atoms with Crippen molar-refractivity contribution < 1.29 is 9.53 Å². The van der Waals surface area contributed by atoms with Crippen LogP contribution in [-0.4, -0.2) is 32.6 Å². The molecular weight excluding hydrogens is 246 g/mol. The number of amides is 1.